The number of phenolic OH excluding ortho intramolecular Hbond substituents is 1. The second kappa shape index (κ2) is 5.20. The van der Waals surface area contributed by atoms with Crippen molar-refractivity contribution >= 4 is 17.0 Å². The first-order valence-corrected chi connectivity index (χ1v) is 6.32. The molecule has 0 unspecified atom stereocenters. The van der Waals surface area contributed by atoms with Gasteiger partial charge >= 0.3 is 5.97 Å². The van der Waals surface area contributed by atoms with E-state index in [9.17, 15) is 9.90 Å². The molecule has 0 saturated carbocycles. The van der Waals surface area contributed by atoms with Crippen molar-refractivity contribution in [3.8, 4) is 17.0 Å². The van der Waals surface area contributed by atoms with E-state index < -0.39 is 5.97 Å². The van der Waals surface area contributed by atoms with E-state index in [4.69, 9.17) is 4.74 Å². The number of phenols is 1. The SMILES string of the molecule is COC(=O)c1ccc2ncc(-c3cccc(O)c3)nc2c1. The first-order chi connectivity index (χ1) is 10.2. The van der Waals surface area contributed by atoms with Gasteiger partial charge in [0.1, 0.15) is 5.75 Å². The molecule has 1 heterocycles. The summed E-state index contributed by atoms with van der Waals surface area (Å²) in [6.45, 7) is 0. The van der Waals surface area contributed by atoms with Crippen LogP contribution >= 0.6 is 0 Å². The van der Waals surface area contributed by atoms with Gasteiger partial charge in [-0.05, 0) is 30.3 Å². The Morgan fingerprint density at radius 3 is 2.76 bits per heavy atom. The van der Waals surface area contributed by atoms with E-state index in [2.05, 4.69) is 9.97 Å². The van der Waals surface area contributed by atoms with E-state index >= 15 is 0 Å². The van der Waals surface area contributed by atoms with Crippen LogP contribution in [0.5, 0.6) is 5.75 Å². The third-order valence-corrected chi connectivity index (χ3v) is 3.11. The number of methoxy groups -OCH3 is 1. The summed E-state index contributed by atoms with van der Waals surface area (Å²) in [5.74, 6) is -0.251. The van der Waals surface area contributed by atoms with Crippen molar-refractivity contribution in [2.45, 2.75) is 0 Å². The maximum absolute atomic E-state index is 11.6. The molecule has 3 aromatic rings. The lowest BCUT2D eigenvalue weighted by atomic mass is 10.1. The van der Waals surface area contributed by atoms with Crippen molar-refractivity contribution in [1.82, 2.24) is 9.97 Å². The number of aromatic nitrogens is 2. The van der Waals surface area contributed by atoms with E-state index in [-0.39, 0.29) is 5.75 Å². The molecule has 2 aromatic carbocycles. The minimum Gasteiger partial charge on any atom is -0.508 e. The van der Waals surface area contributed by atoms with Crippen molar-refractivity contribution in [3.05, 3.63) is 54.2 Å². The van der Waals surface area contributed by atoms with Gasteiger partial charge in [-0.15, -0.1) is 0 Å². The van der Waals surface area contributed by atoms with Crippen LogP contribution in [0.2, 0.25) is 0 Å². The smallest absolute Gasteiger partial charge is 0.337 e. The average molecular weight is 280 g/mol. The molecule has 0 atom stereocenters. The molecule has 5 nitrogen and oxygen atoms in total. The Hall–Kier alpha value is -2.95. The van der Waals surface area contributed by atoms with Crippen LogP contribution in [-0.2, 0) is 4.74 Å². The molecule has 5 heteroatoms. The number of nitrogens with zero attached hydrogens (tertiary/aromatic N) is 2. The summed E-state index contributed by atoms with van der Waals surface area (Å²) in [4.78, 5) is 20.4. The van der Waals surface area contributed by atoms with Gasteiger partial charge in [0, 0.05) is 5.56 Å². The van der Waals surface area contributed by atoms with E-state index in [1.54, 1.807) is 42.6 Å². The van der Waals surface area contributed by atoms with Crippen LogP contribution in [0.3, 0.4) is 0 Å². The Balaban J connectivity index is 2.12. The summed E-state index contributed by atoms with van der Waals surface area (Å²) in [6.07, 6.45) is 1.63. The number of hydrogen-bond donors (Lipinski definition) is 1. The zero-order chi connectivity index (χ0) is 14.8. The molecule has 0 aliphatic carbocycles. The van der Waals surface area contributed by atoms with Gasteiger partial charge in [-0.25, -0.2) is 9.78 Å². The summed E-state index contributed by atoms with van der Waals surface area (Å²) >= 11 is 0. The molecule has 0 radical (unpaired) electrons. The third-order valence-electron chi connectivity index (χ3n) is 3.11. The van der Waals surface area contributed by atoms with E-state index in [0.29, 0.717) is 22.3 Å². The molecule has 0 spiro atoms. The van der Waals surface area contributed by atoms with Crippen LogP contribution in [0.15, 0.2) is 48.7 Å². The lowest BCUT2D eigenvalue weighted by Gasteiger charge is -2.05. The van der Waals surface area contributed by atoms with Crippen molar-refractivity contribution < 1.29 is 14.6 Å². The minimum absolute atomic E-state index is 0.165. The molecule has 0 bridgehead atoms. The molecule has 0 aliphatic rings. The Labute approximate surface area is 120 Å². The van der Waals surface area contributed by atoms with Gasteiger partial charge in [-0.3, -0.25) is 4.98 Å². The van der Waals surface area contributed by atoms with Crippen molar-refractivity contribution in [2.24, 2.45) is 0 Å². The highest BCUT2D eigenvalue weighted by Crippen LogP contribution is 2.23. The minimum atomic E-state index is -0.415. The summed E-state index contributed by atoms with van der Waals surface area (Å²) in [7, 11) is 1.33. The van der Waals surface area contributed by atoms with Crippen molar-refractivity contribution in [2.75, 3.05) is 7.11 Å². The number of fused-ring (bicyclic) bond motifs is 1. The molecular weight excluding hydrogens is 268 g/mol. The number of carbonyl (C=O) groups excluding carboxylic acids is 1. The second-order valence-electron chi connectivity index (χ2n) is 4.50. The monoisotopic (exact) mass is 280 g/mol. The molecule has 0 amide bonds. The number of esters is 1. The Morgan fingerprint density at radius 2 is 2.00 bits per heavy atom. The van der Waals surface area contributed by atoms with Crippen LogP contribution < -0.4 is 0 Å². The maximum atomic E-state index is 11.6. The predicted octanol–water partition coefficient (Wildman–Crippen LogP) is 2.79. The standard InChI is InChI=1S/C16H12N2O3/c1-21-16(20)11-5-6-13-14(8-11)18-15(9-17-13)10-3-2-4-12(19)7-10/h2-9,19H,1H3. The average Bonchev–Trinajstić information content (AvgIpc) is 2.53. The van der Waals surface area contributed by atoms with Gasteiger partial charge in [0.15, 0.2) is 0 Å². The first kappa shape index (κ1) is 13.1. The molecule has 1 N–H and O–H groups in total. The number of benzene rings is 2. The topological polar surface area (TPSA) is 72.3 Å². The fourth-order valence-electron chi connectivity index (χ4n) is 2.06. The number of ether oxygens (including phenoxy) is 1. The number of aromatic hydroxyl groups is 1. The first-order valence-electron chi connectivity index (χ1n) is 6.32. The highest BCUT2D eigenvalue weighted by Gasteiger charge is 2.08. The van der Waals surface area contributed by atoms with Crippen LogP contribution in [-0.4, -0.2) is 28.2 Å². The molecule has 0 saturated heterocycles. The normalized spacial score (nSPS) is 10.5. The van der Waals surface area contributed by atoms with E-state index in [1.807, 2.05) is 6.07 Å². The van der Waals surface area contributed by atoms with E-state index in [0.717, 1.165) is 5.56 Å². The lowest BCUT2D eigenvalue weighted by molar-refractivity contribution is 0.0601. The number of rotatable bonds is 2. The Morgan fingerprint density at radius 1 is 1.14 bits per heavy atom. The Kier molecular flexibility index (Phi) is 3.23. The van der Waals surface area contributed by atoms with Crippen molar-refractivity contribution in [1.29, 1.82) is 0 Å². The quantitative estimate of drug-likeness (QED) is 0.731. The van der Waals surface area contributed by atoms with Gasteiger partial charge in [0.25, 0.3) is 0 Å². The fourth-order valence-corrected chi connectivity index (χ4v) is 2.06. The zero-order valence-electron chi connectivity index (χ0n) is 11.3. The molecule has 1 aromatic heterocycles. The summed E-state index contributed by atoms with van der Waals surface area (Å²) in [5.41, 5.74) is 3.09. The van der Waals surface area contributed by atoms with Gasteiger partial charge in [-0.2, -0.15) is 0 Å². The second-order valence-corrected chi connectivity index (χ2v) is 4.50. The van der Waals surface area contributed by atoms with Crippen LogP contribution in [0.1, 0.15) is 10.4 Å². The lowest BCUT2D eigenvalue weighted by Crippen LogP contribution is -2.01. The molecule has 104 valence electrons. The molecule has 0 aliphatic heterocycles. The highest BCUT2D eigenvalue weighted by atomic mass is 16.5. The summed E-state index contributed by atoms with van der Waals surface area (Å²) < 4.78 is 4.70. The highest BCUT2D eigenvalue weighted by molar-refractivity contribution is 5.93. The summed E-state index contributed by atoms with van der Waals surface area (Å²) in [5, 5.41) is 9.53. The van der Waals surface area contributed by atoms with Gasteiger partial charge < -0.3 is 9.84 Å². The molecule has 3 rings (SSSR count). The zero-order valence-corrected chi connectivity index (χ0v) is 11.3. The molecular formula is C16H12N2O3. The van der Waals surface area contributed by atoms with Crippen LogP contribution in [0, 0.1) is 0 Å². The number of hydrogen-bond acceptors (Lipinski definition) is 5. The van der Waals surface area contributed by atoms with Gasteiger partial charge in [0.05, 0.1) is 35.6 Å². The molecule has 21 heavy (non-hydrogen) atoms. The van der Waals surface area contributed by atoms with Crippen molar-refractivity contribution in [3.63, 3.8) is 0 Å². The Bertz CT molecular complexity index is 831. The molecule has 0 fully saturated rings. The largest absolute Gasteiger partial charge is 0.508 e. The van der Waals surface area contributed by atoms with Gasteiger partial charge in [0.2, 0.25) is 0 Å². The van der Waals surface area contributed by atoms with Crippen LogP contribution in [0.25, 0.3) is 22.3 Å². The predicted molar refractivity (Wildman–Crippen MR) is 78.0 cm³/mol. The third kappa shape index (κ3) is 2.53. The summed E-state index contributed by atoms with van der Waals surface area (Å²) in [6, 6.07) is 11.8. The fraction of sp³-hybridized carbons (Fsp3) is 0.0625. The van der Waals surface area contributed by atoms with Crippen LogP contribution in [0.4, 0.5) is 0 Å². The van der Waals surface area contributed by atoms with Gasteiger partial charge in [-0.1, -0.05) is 12.1 Å². The maximum Gasteiger partial charge on any atom is 0.337 e. The number of carbonyl (C=O) groups is 1. The van der Waals surface area contributed by atoms with E-state index in [1.165, 1.54) is 7.11 Å².